The molecule has 1 amide bonds. The van der Waals surface area contributed by atoms with Crippen LogP contribution in [0.1, 0.15) is 25.7 Å². The van der Waals surface area contributed by atoms with E-state index in [2.05, 4.69) is 0 Å². The van der Waals surface area contributed by atoms with Gasteiger partial charge in [-0.05, 0) is 31.4 Å². The van der Waals surface area contributed by atoms with Crippen LogP contribution < -0.4 is 0 Å². The highest BCUT2D eigenvalue weighted by molar-refractivity contribution is 7.89. The van der Waals surface area contributed by atoms with Crippen molar-refractivity contribution in [1.82, 2.24) is 9.21 Å². The lowest BCUT2D eigenvalue weighted by molar-refractivity contribution is -0.135. The van der Waals surface area contributed by atoms with Gasteiger partial charge >= 0.3 is 0 Å². The fourth-order valence-corrected chi connectivity index (χ4v) is 4.94. The number of carbonyl (C=O) groups is 1. The standard InChI is InChI=1S/C16H21FN2O3S/c17-13-11-15(16(20)18-9-5-2-6-10-18)19(12-13)23(21,22)14-7-3-1-4-8-14/h1,3-4,7-8,13,15H,2,5-6,9-12H2/t13-,15-/m0/s1. The van der Waals surface area contributed by atoms with Crippen molar-refractivity contribution in [1.29, 1.82) is 0 Å². The number of amides is 1. The number of likely N-dealkylation sites (tertiary alicyclic amines) is 1. The fourth-order valence-electron chi connectivity index (χ4n) is 3.30. The molecule has 0 aliphatic carbocycles. The molecule has 0 spiro atoms. The lowest BCUT2D eigenvalue weighted by Gasteiger charge is -2.32. The molecule has 2 heterocycles. The number of hydrogen-bond acceptors (Lipinski definition) is 3. The summed E-state index contributed by atoms with van der Waals surface area (Å²) < 4.78 is 40.5. The summed E-state index contributed by atoms with van der Waals surface area (Å²) in [5.41, 5.74) is 0. The van der Waals surface area contributed by atoms with Gasteiger partial charge in [0.2, 0.25) is 15.9 Å². The van der Waals surface area contributed by atoms with Gasteiger partial charge < -0.3 is 4.90 Å². The van der Waals surface area contributed by atoms with Gasteiger partial charge in [-0.2, -0.15) is 4.31 Å². The van der Waals surface area contributed by atoms with Crippen LogP contribution in [0.2, 0.25) is 0 Å². The first-order valence-electron chi connectivity index (χ1n) is 8.00. The molecule has 1 aromatic carbocycles. The van der Waals surface area contributed by atoms with E-state index >= 15 is 0 Å². The van der Waals surface area contributed by atoms with Crippen LogP contribution in [0.25, 0.3) is 0 Å². The summed E-state index contributed by atoms with van der Waals surface area (Å²) in [6.07, 6.45) is 1.56. The maximum Gasteiger partial charge on any atom is 0.243 e. The smallest absolute Gasteiger partial charge is 0.243 e. The molecule has 0 N–H and O–H groups in total. The lowest BCUT2D eigenvalue weighted by Crippen LogP contribution is -2.49. The van der Waals surface area contributed by atoms with E-state index in [0.717, 1.165) is 23.6 Å². The number of piperidine rings is 1. The first-order chi connectivity index (χ1) is 11.0. The first kappa shape index (κ1) is 16.4. The zero-order chi connectivity index (χ0) is 16.4. The van der Waals surface area contributed by atoms with Gasteiger partial charge in [0, 0.05) is 26.1 Å². The van der Waals surface area contributed by atoms with E-state index in [4.69, 9.17) is 0 Å². The van der Waals surface area contributed by atoms with E-state index in [1.165, 1.54) is 12.1 Å². The van der Waals surface area contributed by atoms with Gasteiger partial charge in [-0.25, -0.2) is 12.8 Å². The van der Waals surface area contributed by atoms with Crippen molar-refractivity contribution in [2.45, 2.75) is 42.8 Å². The Morgan fingerprint density at radius 1 is 1.09 bits per heavy atom. The minimum atomic E-state index is -3.86. The molecule has 2 fully saturated rings. The molecule has 0 radical (unpaired) electrons. The van der Waals surface area contributed by atoms with Crippen molar-refractivity contribution < 1.29 is 17.6 Å². The van der Waals surface area contributed by atoms with Gasteiger partial charge in [-0.1, -0.05) is 18.2 Å². The molecule has 126 valence electrons. The van der Waals surface area contributed by atoms with Crippen LogP contribution in [-0.2, 0) is 14.8 Å². The Hall–Kier alpha value is -1.47. The highest BCUT2D eigenvalue weighted by Crippen LogP contribution is 2.29. The summed E-state index contributed by atoms with van der Waals surface area (Å²) in [7, 11) is -3.86. The maximum atomic E-state index is 13.9. The molecule has 0 saturated carbocycles. The number of hydrogen-bond donors (Lipinski definition) is 0. The molecule has 0 unspecified atom stereocenters. The van der Waals surface area contributed by atoms with E-state index < -0.39 is 22.2 Å². The normalized spacial score (nSPS) is 26.4. The Labute approximate surface area is 136 Å². The van der Waals surface area contributed by atoms with Crippen LogP contribution in [0.5, 0.6) is 0 Å². The average Bonchev–Trinajstić information content (AvgIpc) is 2.98. The molecular formula is C16H21FN2O3S. The minimum Gasteiger partial charge on any atom is -0.341 e. The van der Waals surface area contributed by atoms with Crippen molar-refractivity contribution in [3.8, 4) is 0 Å². The molecule has 3 rings (SSSR count). The van der Waals surface area contributed by atoms with E-state index in [1.807, 2.05) is 0 Å². The average molecular weight is 340 g/mol. The summed E-state index contributed by atoms with van der Waals surface area (Å²) in [5.74, 6) is -0.260. The summed E-state index contributed by atoms with van der Waals surface area (Å²) in [6, 6.07) is 6.99. The van der Waals surface area contributed by atoms with E-state index in [9.17, 15) is 17.6 Å². The number of halogens is 1. The Kier molecular flexibility index (Phi) is 4.68. The van der Waals surface area contributed by atoms with E-state index in [-0.39, 0.29) is 23.8 Å². The van der Waals surface area contributed by atoms with Crippen molar-refractivity contribution in [3.05, 3.63) is 30.3 Å². The van der Waals surface area contributed by atoms with Gasteiger partial charge in [0.15, 0.2) is 0 Å². The van der Waals surface area contributed by atoms with Crippen LogP contribution in [0.15, 0.2) is 35.2 Å². The first-order valence-corrected chi connectivity index (χ1v) is 9.44. The second kappa shape index (κ2) is 6.57. The van der Waals surface area contributed by atoms with Gasteiger partial charge in [-0.15, -0.1) is 0 Å². The van der Waals surface area contributed by atoms with Gasteiger partial charge in [0.25, 0.3) is 0 Å². The SMILES string of the molecule is O=C([C@@H]1C[C@H](F)CN1S(=O)(=O)c1ccccc1)N1CCCCC1. The van der Waals surface area contributed by atoms with Crippen LogP contribution >= 0.6 is 0 Å². The largest absolute Gasteiger partial charge is 0.341 e. The zero-order valence-corrected chi connectivity index (χ0v) is 13.7. The number of nitrogens with zero attached hydrogens (tertiary/aromatic N) is 2. The second-order valence-electron chi connectivity index (χ2n) is 6.12. The number of carbonyl (C=O) groups excluding carboxylic acids is 1. The zero-order valence-electron chi connectivity index (χ0n) is 12.9. The number of benzene rings is 1. The maximum absolute atomic E-state index is 13.9. The van der Waals surface area contributed by atoms with Crippen molar-refractivity contribution in [3.63, 3.8) is 0 Å². The Balaban J connectivity index is 1.86. The van der Waals surface area contributed by atoms with E-state index in [1.54, 1.807) is 23.1 Å². The van der Waals surface area contributed by atoms with Crippen LogP contribution in [0.3, 0.4) is 0 Å². The predicted octanol–water partition coefficient (Wildman–Crippen LogP) is 1.80. The molecule has 1 aromatic rings. The van der Waals surface area contributed by atoms with Gasteiger partial charge in [0.1, 0.15) is 12.2 Å². The number of sulfonamides is 1. The molecule has 2 atom stereocenters. The molecule has 5 nitrogen and oxygen atoms in total. The highest BCUT2D eigenvalue weighted by Gasteiger charge is 2.45. The van der Waals surface area contributed by atoms with Crippen molar-refractivity contribution in [2.24, 2.45) is 0 Å². The summed E-state index contributed by atoms with van der Waals surface area (Å²) in [6.45, 7) is 1.01. The second-order valence-corrected chi connectivity index (χ2v) is 8.01. The number of alkyl halides is 1. The third-order valence-electron chi connectivity index (χ3n) is 4.51. The summed E-state index contributed by atoms with van der Waals surface area (Å²) in [4.78, 5) is 14.5. The Bertz CT molecular complexity index is 659. The quantitative estimate of drug-likeness (QED) is 0.843. The van der Waals surface area contributed by atoms with Crippen LogP contribution in [0.4, 0.5) is 4.39 Å². The fraction of sp³-hybridized carbons (Fsp3) is 0.562. The summed E-state index contributed by atoms with van der Waals surface area (Å²) in [5, 5.41) is 0. The van der Waals surface area contributed by atoms with E-state index in [0.29, 0.717) is 13.1 Å². The third-order valence-corrected chi connectivity index (χ3v) is 6.40. The Morgan fingerprint density at radius 3 is 2.39 bits per heavy atom. The molecule has 0 aromatic heterocycles. The van der Waals surface area contributed by atoms with Crippen LogP contribution in [-0.4, -0.2) is 55.4 Å². The van der Waals surface area contributed by atoms with Crippen molar-refractivity contribution >= 4 is 15.9 Å². The van der Waals surface area contributed by atoms with Crippen molar-refractivity contribution in [2.75, 3.05) is 19.6 Å². The molecule has 2 saturated heterocycles. The highest BCUT2D eigenvalue weighted by atomic mass is 32.2. The molecular weight excluding hydrogens is 319 g/mol. The van der Waals surface area contributed by atoms with Crippen LogP contribution in [0, 0.1) is 0 Å². The topological polar surface area (TPSA) is 57.7 Å². The molecule has 23 heavy (non-hydrogen) atoms. The predicted molar refractivity (Wildman–Crippen MR) is 84.1 cm³/mol. The number of rotatable bonds is 3. The molecule has 7 heteroatoms. The monoisotopic (exact) mass is 340 g/mol. The minimum absolute atomic E-state index is 0.0542. The van der Waals surface area contributed by atoms with Gasteiger partial charge in [-0.3, -0.25) is 4.79 Å². The molecule has 2 aliphatic rings. The Morgan fingerprint density at radius 2 is 1.74 bits per heavy atom. The molecule has 2 aliphatic heterocycles. The third kappa shape index (κ3) is 3.26. The lowest BCUT2D eigenvalue weighted by atomic mass is 10.1. The van der Waals surface area contributed by atoms with Gasteiger partial charge in [0.05, 0.1) is 4.90 Å². The summed E-state index contributed by atoms with van der Waals surface area (Å²) >= 11 is 0. The molecule has 0 bridgehead atoms.